The first-order valence-electron chi connectivity index (χ1n) is 7.48. The Morgan fingerprint density at radius 1 is 1.25 bits per heavy atom. The zero-order valence-corrected chi connectivity index (χ0v) is 14.2. The van der Waals surface area contributed by atoms with Crippen molar-refractivity contribution in [2.24, 2.45) is 0 Å². The Balaban J connectivity index is 0.000000648. The SMILES string of the molecule is CCCCn1c[n+](CCCS(=O)(=O)O)c2ccccc21.O=[N+]([O-])[O-]. The number of benzene rings is 1. The van der Waals surface area contributed by atoms with Crippen molar-refractivity contribution in [2.45, 2.75) is 39.3 Å². The molecule has 0 aliphatic heterocycles. The van der Waals surface area contributed by atoms with Crippen LogP contribution in [0.15, 0.2) is 30.6 Å². The number of hydrogen-bond donors (Lipinski definition) is 1. The smallest absolute Gasteiger partial charge is 0.265 e. The molecule has 0 saturated heterocycles. The van der Waals surface area contributed by atoms with Gasteiger partial charge in [-0.25, -0.2) is 9.13 Å². The number of para-hydroxylation sites is 2. The van der Waals surface area contributed by atoms with Gasteiger partial charge in [0.15, 0.2) is 11.0 Å². The quantitative estimate of drug-likeness (QED) is 0.347. The molecule has 0 unspecified atom stereocenters. The van der Waals surface area contributed by atoms with Crippen molar-refractivity contribution in [2.75, 3.05) is 5.75 Å². The molecule has 0 bridgehead atoms. The lowest BCUT2D eigenvalue weighted by atomic mass is 10.3. The molecule has 2 aromatic rings. The Bertz CT molecular complexity index is 768. The summed E-state index contributed by atoms with van der Waals surface area (Å²) in [5, 5.41) is 14.8. The highest BCUT2D eigenvalue weighted by Gasteiger charge is 2.15. The zero-order chi connectivity index (χ0) is 18.2. The van der Waals surface area contributed by atoms with Gasteiger partial charge in [0.05, 0.1) is 23.9 Å². The Hall–Kier alpha value is -2.20. The van der Waals surface area contributed by atoms with Gasteiger partial charge in [-0.1, -0.05) is 25.5 Å². The van der Waals surface area contributed by atoms with Crippen LogP contribution in [-0.4, -0.2) is 28.4 Å². The molecule has 134 valence electrons. The van der Waals surface area contributed by atoms with E-state index in [1.807, 2.05) is 24.5 Å². The molecule has 0 radical (unpaired) electrons. The normalized spacial score (nSPS) is 11.1. The predicted octanol–water partition coefficient (Wildman–Crippen LogP) is 1.77. The molecule has 0 spiro atoms. The van der Waals surface area contributed by atoms with Crippen molar-refractivity contribution < 1.29 is 22.6 Å². The molecule has 24 heavy (non-hydrogen) atoms. The molecule has 0 amide bonds. The average molecular weight is 359 g/mol. The molecule has 2 rings (SSSR count). The van der Waals surface area contributed by atoms with E-state index in [4.69, 9.17) is 19.9 Å². The van der Waals surface area contributed by atoms with Gasteiger partial charge in [-0.2, -0.15) is 8.42 Å². The average Bonchev–Trinajstić information content (AvgIpc) is 2.82. The second-order valence-electron chi connectivity index (χ2n) is 5.21. The maximum absolute atomic E-state index is 10.8. The van der Waals surface area contributed by atoms with Crippen LogP contribution in [0.3, 0.4) is 0 Å². The molecule has 0 aliphatic carbocycles. The minimum atomic E-state index is -3.88. The highest BCUT2D eigenvalue weighted by molar-refractivity contribution is 7.85. The summed E-state index contributed by atoms with van der Waals surface area (Å²) >= 11 is 0. The maximum atomic E-state index is 10.8. The fraction of sp³-hybridized carbons (Fsp3) is 0.500. The van der Waals surface area contributed by atoms with Crippen molar-refractivity contribution in [1.82, 2.24) is 4.57 Å². The van der Waals surface area contributed by atoms with Crippen LogP contribution in [0.25, 0.3) is 11.0 Å². The summed E-state index contributed by atoms with van der Waals surface area (Å²) < 4.78 is 34.6. The lowest BCUT2D eigenvalue weighted by Gasteiger charge is -1.96. The Morgan fingerprint density at radius 2 is 1.88 bits per heavy atom. The first kappa shape index (κ1) is 19.8. The van der Waals surface area contributed by atoms with E-state index in [2.05, 4.69) is 22.1 Å². The maximum Gasteiger partial charge on any atom is 0.265 e. The highest BCUT2D eigenvalue weighted by Crippen LogP contribution is 2.12. The Labute approximate surface area is 140 Å². The van der Waals surface area contributed by atoms with E-state index >= 15 is 0 Å². The number of imidazole rings is 1. The van der Waals surface area contributed by atoms with Gasteiger partial charge in [0, 0.05) is 6.42 Å². The third-order valence-corrected chi connectivity index (χ3v) is 4.14. The monoisotopic (exact) mass is 359 g/mol. The summed E-state index contributed by atoms with van der Waals surface area (Å²) in [6.45, 7) is 3.70. The van der Waals surface area contributed by atoms with Crippen LogP contribution >= 0.6 is 0 Å². The van der Waals surface area contributed by atoms with E-state index in [1.54, 1.807) is 0 Å². The Morgan fingerprint density at radius 3 is 2.46 bits per heavy atom. The summed E-state index contributed by atoms with van der Waals surface area (Å²) in [5.74, 6) is -0.200. The van der Waals surface area contributed by atoms with Crippen molar-refractivity contribution in [1.29, 1.82) is 0 Å². The molecule has 0 atom stereocenters. The molecular formula is C14H21N3O6S. The molecule has 10 heteroatoms. The van der Waals surface area contributed by atoms with E-state index in [0.717, 1.165) is 30.4 Å². The Kier molecular flexibility index (Phi) is 7.59. The van der Waals surface area contributed by atoms with Crippen LogP contribution in [0.2, 0.25) is 0 Å². The summed E-state index contributed by atoms with van der Waals surface area (Å²) in [5.41, 5.74) is 2.26. The van der Waals surface area contributed by atoms with Crippen LogP contribution < -0.4 is 4.57 Å². The van der Waals surface area contributed by atoms with Crippen LogP contribution in [0, 0.1) is 15.3 Å². The molecule has 0 saturated carbocycles. The topological polar surface area (TPSA) is 129 Å². The van der Waals surface area contributed by atoms with Gasteiger partial charge in [-0.3, -0.25) is 4.55 Å². The number of aromatic nitrogens is 2. The van der Waals surface area contributed by atoms with Crippen LogP contribution in [0.4, 0.5) is 0 Å². The van der Waals surface area contributed by atoms with Crippen molar-refractivity contribution in [3.63, 3.8) is 0 Å². The van der Waals surface area contributed by atoms with Gasteiger partial charge < -0.3 is 15.3 Å². The molecule has 1 N–H and O–H groups in total. The summed E-state index contributed by atoms with van der Waals surface area (Å²) in [7, 11) is -3.88. The number of hydrogen-bond acceptors (Lipinski definition) is 5. The van der Waals surface area contributed by atoms with E-state index in [9.17, 15) is 8.42 Å². The van der Waals surface area contributed by atoms with Gasteiger partial charge in [0.25, 0.3) is 10.1 Å². The zero-order valence-electron chi connectivity index (χ0n) is 13.4. The fourth-order valence-corrected chi connectivity index (χ4v) is 2.84. The summed E-state index contributed by atoms with van der Waals surface area (Å²) in [6, 6.07) is 8.09. The van der Waals surface area contributed by atoms with E-state index < -0.39 is 15.2 Å². The first-order valence-corrected chi connectivity index (χ1v) is 9.09. The van der Waals surface area contributed by atoms with Gasteiger partial charge in [-0.15, -0.1) is 0 Å². The van der Waals surface area contributed by atoms with Gasteiger partial charge >= 0.3 is 0 Å². The van der Waals surface area contributed by atoms with Crippen LogP contribution in [-0.2, 0) is 23.2 Å². The molecule has 0 aliphatic rings. The molecule has 9 nitrogen and oxygen atoms in total. The number of unbranched alkanes of at least 4 members (excludes halogenated alkanes) is 1. The molecule has 1 heterocycles. The standard InChI is InChI=1S/C14H20N2O3S.NO3/c1-2-3-9-15-12-16(10-6-11-20(17,18)19)14-8-5-4-7-13(14)15;2-1(3)4/h4-5,7-8,12H,2-3,6,9-11H2,1H3;/q;-1/p+1. The van der Waals surface area contributed by atoms with E-state index in [1.165, 1.54) is 0 Å². The minimum Gasteiger partial charge on any atom is -0.356 e. The third-order valence-electron chi connectivity index (χ3n) is 3.33. The van der Waals surface area contributed by atoms with Gasteiger partial charge in [-0.05, 0) is 18.6 Å². The van der Waals surface area contributed by atoms with Crippen molar-refractivity contribution in [3.8, 4) is 0 Å². The third kappa shape index (κ3) is 6.92. The van der Waals surface area contributed by atoms with E-state index in [-0.39, 0.29) is 5.75 Å². The van der Waals surface area contributed by atoms with Crippen LogP contribution in [0.1, 0.15) is 26.2 Å². The van der Waals surface area contributed by atoms with Gasteiger partial charge in [0.1, 0.15) is 0 Å². The second kappa shape index (κ2) is 9.18. The predicted molar refractivity (Wildman–Crippen MR) is 88.4 cm³/mol. The minimum absolute atomic E-state index is 0.200. The molecule has 0 fully saturated rings. The summed E-state index contributed by atoms with van der Waals surface area (Å²) in [6.07, 6.45) is 4.69. The highest BCUT2D eigenvalue weighted by atomic mass is 32.2. The number of nitrogens with zero attached hydrogens (tertiary/aromatic N) is 3. The van der Waals surface area contributed by atoms with Crippen molar-refractivity contribution in [3.05, 3.63) is 45.9 Å². The molecule has 1 aromatic carbocycles. The van der Waals surface area contributed by atoms with Crippen molar-refractivity contribution >= 4 is 21.2 Å². The van der Waals surface area contributed by atoms with Gasteiger partial charge in [0.2, 0.25) is 6.33 Å². The molecule has 1 aromatic heterocycles. The second-order valence-corrected chi connectivity index (χ2v) is 6.78. The number of rotatable bonds is 7. The lowest BCUT2D eigenvalue weighted by Crippen LogP contribution is -2.33. The fourth-order valence-electron chi connectivity index (χ4n) is 2.34. The number of fused-ring (bicyclic) bond motifs is 1. The molecular weight excluding hydrogens is 338 g/mol. The van der Waals surface area contributed by atoms with Crippen LogP contribution in [0.5, 0.6) is 0 Å². The lowest BCUT2D eigenvalue weighted by molar-refractivity contribution is -0.672. The largest absolute Gasteiger partial charge is 0.356 e. The van der Waals surface area contributed by atoms with E-state index in [0.29, 0.717) is 13.0 Å². The first-order chi connectivity index (χ1) is 11.2. The number of aryl methyl sites for hydroxylation is 2. The summed E-state index contributed by atoms with van der Waals surface area (Å²) in [4.78, 5) is 8.25.